The lowest BCUT2D eigenvalue weighted by Crippen LogP contribution is -2.15. The molecule has 1 aromatic carbocycles. The summed E-state index contributed by atoms with van der Waals surface area (Å²) < 4.78 is 6.70. The van der Waals surface area contributed by atoms with Crippen LogP contribution in [0, 0.1) is 3.83 Å². The summed E-state index contributed by atoms with van der Waals surface area (Å²) in [5, 5.41) is 1.05. The minimum absolute atomic E-state index is 0.0605. The molecule has 92 valence electrons. The lowest BCUT2D eigenvalue weighted by atomic mass is 9.91. The van der Waals surface area contributed by atoms with Gasteiger partial charge < -0.3 is 4.42 Å². The number of furan rings is 1. The van der Waals surface area contributed by atoms with Crippen LogP contribution >= 0.6 is 22.6 Å². The molecule has 0 fully saturated rings. The quantitative estimate of drug-likeness (QED) is 0.448. The molecule has 0 aliphatic carbocycles. The van der Waals surface area contributed by atoms with Crippen LogP contribution in [0.25, 0.3) is 22.1 Å². The standard InChI is InChI=1S/C14H13IN2O/c1-14(2,3)12-11-10(16-13(15)17-12)8-6-4-5-7-9(8)18-11/h4-7H,1-3H3. The number of aromatic nitrogens is 2. The van der Waals surface area contributed by atoms with E-state index in [-0.39, 0.29) is 5.41 Å². The Balaban J connectivity index is 2.51. The number of rotatable bonds is 0. The van der Waals surface area contributed by atoms with E-state index in [1.165, 1.54) is 0 Å². The van der Waals surface area contributed by atoms with Gasteiger partial charge in [0.25, 0.3) is 0 Å². The van der Waals surface area contributed by atoms with Gasteiger partial charge in [0.1, 0.15) is 11.1 Å². The summed E-state index contributed by atoms with van der Waals surface area (Å²) in [6.45, 7) is 6.41. The molecule has 3 rings (SSSR count). The van der Waals surface area contributed by atoms with Crippen LogP contribution in [0.4, 0.5) is 0 Å². The molecule has 18 heavy (non-hydrogen) atoms. The van der Waals surface area contributed by atoms with Crippen molar-refractivity contribution in [2.24, 2.45) is 0 Å². The molecule has 4 heteroatoms. The Morgan fingerprint density at radius 2 is 1.83 bits per heavy atom. The molecule has 2 heterocycles. The van der Waals surface area contributed by atoms with Gasteiger partial charge in [-0.3, -0.25) is 0 Å². The van der Waals surface area contributed by atoms with Crippen molar-refractivity contribution in [1.29, 1.82) is 0 Å². The molecule has 0 atom stereocenters. The summed E-state index contributed by atoms with van der Waals surface area (Å²) in [7, 11) is 0. The molecular weight excluding hydrogens is 339 g/mol. The van der Waals surface area contributed by atoms with Gasteiger partial charge in [0.05, 0.1) is 5.69 Å². The summed E-state index contributed by atoms with van der Waals surface area (Å²) in [5.41, 5.74) is 3.50. The van der Waals surface area contributed by atoms with Crippen molar-refractivity contribution in [3.8, 4) is 0 Å². The number of halogens is 1. The second kappa shape index (κ2) is 3.91. The Morgan fingerprint density at radius 1 is 1.11 bits per heavy atom. The van der Waals surface area contributed by atoms with E-state index in [9.17, 15) is 0 Å². The average Bonchev–Trinajstić information content (AvgIpc) is 2.65. The molecule has 0 amide bonds. The van der Waals surface area contributed by atoms with E-state index in [1.54, 1.807) is 0 Å². The van der Waals surface area contributed by atoms with Crippen molar-refractivity contribution in [3.63, 3.8) is 0 Å². The van der Waals surface area contributed by atoms with Crippen LogP contribution in [0.5, 0.6) is 0 Å². The van der Waals surface area contributed by atoms with Gasteiger partial charge in [0.15, 0.2) is 9.41 Å². The number of nitrogens with zero attached hydrogens (tertiary/aromatic N) is 2. The fourth-order valence-electron chi connectivity index (χ4n) is 2.07. The van der Waals surface area contributed by atoms with E-state index in [0.717, 1.165) is 31.6 Å². The first-order chi connectivity index (χ1) is 8.47. The predicted molar refractivity (Wildman–Crippen MR) is 80.7 cm³/mol. The van der Waals surface area contributed by atoms with Crippen molar-refractivity contribution >= 4 is 44.7 Å². The van der Waals surface area contributed by atoms with Crippen molar-refractivity contribution in [2.45, 2.75) is 26.2 Å². The minimum Gasteiger partial charge on any atom is -0.452 e. The van der Waals surface area contributed by atoms with Crippen molar-refractivity contribution in [2.75, 3.05) is 0 Å². The van der Waals surface area contributed by atoms with E-state index in [2.05, 4.69) is 53.3 Å². The molecule has 0 N–H and O–H groups in total. The molecule has 0 bridgehead atoms. The topological polar surface area (TPSA) is 38.9 Å². The van der Waals surface area contributed by atoms with Gasteiger partial charge in [0.2, 0.25) is 0 Å². The third-order valence-electron chi connectivity index (χ3n) is 2.90. The van der Waals surface area contributed by atoms with Crippen LogP contribution in [-0.4, -0.2) is 9.97 Å². The van der Waals surface area contributed by atoms with Crippen LogP contribution in [0.3, 0.4) is 0 Å². The van der Waals surface area contributed by atoms with Crippen molar-refractivity contribution in [3.05, 3.63) is 33.8 Å². The monoisotopic (exact) mass is 352 g/mol. The lowest BCUT2D eigenvalue weighted by molar-refractivity contribution is 0.550. The molecule has 0 spiro atoms. The van der Waals surface area contributed by atoms with Gasteiger partial charge in [0, 0.05) is 33.4 Å². The summed E-state index contributed by atoms with van der Waals surface area (Å²) >= 11 is 2.16. The Morgan fingerprint density at radius 3 is 2.56 bits per heavy atom. The molecule has 2 aromatic heterocycles. The number of para-hydroxylation sites is 1. The first-order valence-corrected chi connectivity index (χ1v) is 6.90. The zero-order valence-electron chi connectivity index (χ0n) is 10.5. The normalized spacial score (nSPS) is 12.4. The lowest BCUT2D eigenvalue weighted by Gasteiger charge is -2.17. The summed E-state index contributed by atoms with van der Waals surface area (Å²) in [4.78, 5) is 9.07. The molecular formula is C14H13IN2O. The third kappa shape index (κ3) is 1.79. The van der Waals surface area contributed by atoms with E-state index < -0.39 is 0 Å². The molecule has 0 unspecified atom stereocenters. The zero-order valence-corrected chi connectivity index (χ0v) is 12.6. The number of fused-ring (bicyclic) bond motifs is 3. The van der Waals surface area contributed by atoms with Gasteiger partial charge in [-0.15, -0.1) is 0 Å². The highest BCUT2D eigenvalue weighted by Gasteiger charge is 2.24. The van der Waals surface area contributed by atoms with Crippen LogP contribution in [-0.2, 0) is 5.41 Å². The van der Waals surface area contributed by atoms with Crippen LogP contribution < -0.4 is 0 Å². The Kier molecular flexibility index (Phi) is 2.59. The van der Waals surface area contributed by atoms with E-state index >= 15 is 0 Å². The summed E-state index contributed by atoms with van der Waals surface area (Å²) in [6.07, 6.45) is 0. The predicted octanol–water partition coefficient (Wildman–Crippen LogP) is 4.28. The third-order valence-corrected chi connectivity index (χ3v) is 3.39. The van der Waals surface area contributed by atoms with E-state index in [4.69, 9.17) is 4.42 Å². The highest BCUT2D eigenvalue weighted by molar-refractivity contribution is 14.1. The fraction of sp³-hybridized carbons (Fsp3) is 0.286. The zero-order chi connectivity index (χ0) is 12.9. The van der Waals surface area contributed by atoms with Gasteiger partial charge in [-0.2, -0.15) is 0 Å². The maximum atomic E-state index is 5.94. The minimum atomic E-state index is -0.0605. The second-order valence-corrected chi connectivity index (χ2v) is 6.33. The Bertz CT molecular complexity index is 740. The maximum Gasteiger partial charge on any atom is 0.191 e. The molecule has 0 radical (unpaired) electrons. The molecule has 0 aliphatic rings. The molecule has 0 aliphatic heterocycles. The molecule has 0 saturated carbocycles. The maximum absolute atomic E-state index is 5.94. The molecule has 0 saturated heterocycles. The molecule has 3 aromatic rings. The van der Waals surface area contributed by atoms with Gasteiger partial charge in [-0.1, -0.05) is 32.9 Å². The van der Waals surface area contributed by atoms with E-state index in [1.807, 2.05) is 24.3 Å². The highest BCUT2D eigenvalue weighted by atomic mass is 127. The first-order valence-electron chi connectivity index (χ1n) is 5.82. The van der Waals surface area contributed by atoms with Crippen molar-refractivity contribution < 1.29 is 4.42 Å². The Labute approximate surface area is 119 Å². The first kappa shape index (κ1) is 11.9. The van der Waals surface area contributed by atoms with Gasteiger partial charge in [-0.05, 0) is 12.1 Å². The summed E-state index contributed by atoms with van der Waals surface area (Å²) in [6, 6.07) is 7.98. The van der Waals surface area contributed by atoms with Gasteiger partial charge >= 0.3 is 0 Å². The largest absolute Gasteiger partial charge is 0.452 e. The SMILES string of the molecule is CC(C)(C)c1nc(I)nc2c1oc1ccccc12. The average molecular weight is 352 g/mol. The van der Waals surface area contributed by atoms with Gasteiger partial charge in [-0.25, -0.2) is 9.97 Å². The summed E-state index contributed by atoms with van der Waals surface area (Å²) in [5.74, 6) is 0. The highest BCUT2D eigenvalue weighted by Crippen LogP contribution is 2.34. The van der Waals surface area contributed by atoms with Crippen LogP contribution in [0.15, 0.2) is 28.7 Å². The smallest absolute Gasteiger partial charge is 0.191 e. The van der Waals surface area contributed by atoms with Crippen molar-refractivity contribution in [1.82, 2.24) is 9.97 Å². The van der Waals surface area contributed by atoms with E-state index in [0.29, 0.717) is 0 Å². The Hall–Kier alpha value is -1.17. The van der Waals surface area contributed by atoms with Crippen LogP contribution in [0.1, 0.15) is 26.5 Å². The number of hydrogen-bond acceptors (Lipinski definition) is 3. The number of hydrogen-bond donors (Lipinski definition) is 0. The fourth-order valence-corrected chi connectivity index (χ4v) is 2.55. The number of benzene rings is 1. The molecule has 3 nitrogen and oxygen atoms in total. The van der Waals surface area contributed by atoms with Crippen LogP contribution in [0.2, 0.25) is 0 Å². The second-order valence-electron chi connectivity index (χ2n) is 5.37.